The topological polar surface area (TPSA) is 144 Å². The fourth-order valence-electron chi connectivity index (χ4n) is 4.58. The summed E-state index contributed by atoms with van der Waals surface area (Å²) in [6.07, 6.45) is -0.584. The molecule has 0 bridgehead atoms. The Labute approximate surface area is 227 Å². The third-order valence-corrected chi connectivity index (χ3v) is 8.82. The van der Waals surface area contributed by atoms with E-state index in [0.29, 0.717) is 16.0 Å². The first-order valence-electron chi connectivity index (χ1n) is 11.3. The summed E-state index contributed by atoms with van der Waals surface area (Å²) in [5.74, 6) is -1.87. The highest BCUT2D eigenvalue weighted by atomic mass is 79.9. The molecule has 0 aromatic heterocycles. The van der Waals surface area contributed by atoms with Gasteiger partial charge < -0.3 is 16.4 Å². The molecule has 3 aromatic carbocycles. The van der Waals surface area contributed by atoms with Gasteiger partial charge in [0.1, 0.15) is 0 Å². The van der Waals surface area contributed by atoms with Crippen molar-refractivity contribution in [1.29, 1.82) is 0 Å². The molecule has 1 fully saturated rings. The number of hydrogen-bond acceptors (Lipinski definition) is 5. The molecule has 1 aliphatic rings. The molecule has 12 heteroatoms. The van der Waals surface area contributed by atoms with E-state index in [1.54, 1.807) is 48.5 Å². The highest BCUT2D eigenvalue weighted by Gasteiger charge is 2.43. The molecule has 194 valence electrons. The Hall–Kier alpha value is -2.99. The molecule has 0 saturated carbocycles. The summed E-state index contributed by atoms with van der Waals surface area (Å²) >= 11 is 9.36. The van der Waals surface area contributed by atoms with E-state index < -0.39 is 39.8 Å². The number of primary amides is 2. The number of rotatable bonds is 7. The van der Waals surface area contributed by atoms with E-state index in [0.717, 1.165) is 9.86 Å². The van der Waals surface area contributed by atoms with Crippen molar-refractivity contribution in [1.82, 2.24) is 9.21 Å². The number of carbonyl (C=O) groups is 3. The third kappa shape index (κ3) is 5.96. The first kappa shape index (κ1) is 27.1. The Morgan fingerprint density at radius 1 is 0.865 bits per heavy atom. The highest BCUT2D eigenvalue weighted by Crippen LogP contribution is 2.30. The molecule has 9 nitrogen and oxygen atoms in total. The number of benzene rings is 3. The van der Waals surface area contributed by atoms with E-state index >= 15 is 0 Å². The molecule has 0 spiro atoms. The molecule has 1 aliphatic heterocycles. The van der Waals surface area contributed by atoms with Crippen molar-refractivity contribution in [3.05, 3.63) is 75.7 Å². The normalized spacial score (nSPS) is 18.6. The van der Waals surface area contributed by atoms with Gasteiger partial charge in [-0.3, -0.25) is 14.4 Å². The second-order valence-corrected chi connectivity index (χ2v) is 12.1. The zero-order valence-corrected chi connectivity index (χ0v) is 22.7. The smallest absolute Gasteiger partial charge is 0.254 e. The molecular formula is C25H24BrClN4O5S. The molecule has 3 amide bonds. The van der Waals surface area contributed by atoms with Crippen LogP contribution in [0, 0.1) is 0 Å². The lowest BCUT2D eigenvalue weighted by Crippen LogP contribution is -2.62. The van der Waals surface area contributed by atoms with E-state index in [1.165, 1.54) is 21.3 Å². The fourth-order valence-corrected chi connectivity index (χ4v) is 6.58. The van der Waals surface area contributed by atoms with E-state index in [2.05, 4.69) is 15.9 Å². The molecule has 2 atom stereocenters. The number of nitrogens with zero attached hydrogens (tertiary/aromatic N) is 2. The lowest BCUT2D eigenvalue weighted by atomic mass is 10.00. The van der Waals surface area contributed by atoms with E-state index in [-0.39, 0.29) is 30.8 Å². The van der Waals surface area contributed by atoms with Gasteiger partial charge in [-0.15, -0.1) is 0 Å². The maximum atomic E-state index is 13.7. The maximum Gasteiger partial charge on any atom is 0.254 e. The van der Waals surface area contributed by atoms with Gasteiger partial charge in [0.05, 0.1) is 17.0 Å². The van der Waals surface area contributed by atoms with Gasteiger partial charge >= 0.3 is 0 Å². The predicted octanol–water partition coefficient (Wildman–Crippen LogP) is 2.89. The van der Waals surface area contributed by atoms with Gasteiger partial charge in [0, 0.05) is 41.0 Å². The molecule has 0 aliphatic carbocycles. The predicted molar refractivity (Wildman–Crippen MR) is 143 cm³/mol. The summed E-state index contributed by atoms with van der Waals surface area (Å²) in [7, 11) is -4.07. The van der Waals surface area contributed by atoms with Crippen molar-refractivity contribution in [2.75, 3.05) is 13.1 Å². The van der Waals surface area contributed by atoms with Crippen molar-refractivity contribution in [2.24, 2.45) is 11.5 Å². The average Bonchev–Trinajstić information content (AvgIpc) is 2.82. The molecule has 4 N–H and O–H groups in total. The number of halogens is 2. The van der Waals surface area contributed by atoms with Gasteiger partial charge in [-0.25, -0.2) is 8.42 Å². The van der Waals surface area contributed by atoms with Crippen LogP contribution in [0.1, 0.15) is 23.2 Å². The lowest BCUT2D eigenvalue weighted by molar-refractivity contribution is -0.120. The van der Waals surface area contributed by atoms with E-state index in [4.69, 9.17) is 23.1 Å². The van der Waals surface area contributed by atoms with Crippen LogP contribution in [0.15, 0.2) is 70.0 Å². The average molecular weight is 608 g/mol. The van der Waals surface area contributed by atoms with Gasteiger partial charge in [-0.2, -0.15) is 4.31 Å². The van der Waals surface area contributed by atoms with Gasteiger partial charge in [-0.05, 0) is 59.3 Å². The number of piperazine rings is 1. The largest absolute Gasteiger partial charge is 0.370 e. The number of fused-ring (bicyclic) bond motifs is 1. The monoisotopic (exact) mass is 606 g/mol. The molecule has 1 heterocycles. The number of carbonyl (C=O) groups excluding carboxylic acids is 3. The lowest BCUT2D eigenvalue weighted by Gasteiger charge is -2.45. The van der Waals surface area contributed by atoms with Crippen molar-refractivity contribution in [3.8, 4) is 0 Å². The summed E-state index contributed by atoms with van der Waals surface area (Å²) in [5.41, 5.74) is 11.3. The quantitative estimate of drug-likeness (QED) is 0.425. The molecule has 1 saturated heterocycles. The zero-order chi connectivity index (χ0) is 26.9. The molecular weight excluding hydrogens is 584 g/mol. The number of hydrogen-bond donors (Lipinski definition) is 2. The van der Waals surface area contributed by atoms with Gasteiger partial charge in [-0.1, -0.05) is 39.7 Å². The first-order valence-corrected chi connectivity index (χ1v) is 13.9. The first-order chi connectivity index (χ1) is 17.5. The van der Waals surface area contributed by atoms with Crippen LogP contribution in [-0.4, -0.2) is 60.5 Å². The molecule has 0 radical (unpaired) electrons. The highest BCUT2D eigenvalue weighted by molar-refractivity contribution is 9.10. The SMILES string of the molecule is NC(=O)CC1CN(S(=O)(=O)c2ccc3cc(Cl)ccc3c2)CC(CC(N)=O)N1C(=O)c1ccc(Br)cc1. The second kappa shape index (κ2) is 10.8. The zero-order valence-electron chi connectivity index (χ0n) is 19.5. The molecule has 2 unspecified atom stereocenters. The molecule has 3 aromatic rings. The van der Waals surface area contributed by atoms with Gasteiger partial charge in [0.15, 0.2) is 0 Å². The molecule has 4 rings (SSSR count). The summed E-state index contributed by atoms with van der Waals surface area (Å²) < 4.78 is 29.3. The van der Waals surface area contributed by atoms with Crippen LogP contribution in [0.25, 0.3) is 10.8 Å². The van der Waals surface area contributed by atoms with Crippen LogP contribution in [0.2, 0.25) is 5.02 Å². The summed E-state index contributed by atoms with van der Waals surface area (Å²) in [5, 5.41) is 1.98. The standard InChI is InChI=1S/C25H24BrClN4O5S/c26-18-5-1-15(2-6-18)25(34)31-20(11-23(28)32)13-30(14-21(31)12-24(29)33)37(35,36)22-8-4-16-9-19(27)7-3-17(16)10-22/h1-10,20-21H,11-14H2,(H2,28,32)(H2,29,33). The van der Waals surface area contributed by atoms with Crippen LogP contribution >= 0.6 is 27.5 Å². The van der Waals surface area contributed by atoms with Crippen molar-refractivity contribution in [3.63, 3.8) is 0 Å². The third-order valence-electron chi connectivity index (χ3n) is 6.23. The minimum absolute atomic E-state index is 0.0330. The summed E-state index contributed by atoms with van der Waals surface area (Å²) in [4.78, 5) is 38.8. The summed E-state index contributed by atoms with van der Waals surface area (Å²) in [6, 6.07) is 14.5. The van der Waals surface area contributed by atoms with Crippen LogP contribution in [-0.2, 0) is 19.6 Å². The Bertz CT molecular complexity index is 1460. The van der Waals surface area contributed by atoms with Crippen LogP contribution in [0.5, 0.6) is 0 Å². The number of amides is 3. The number of sulfonamides is 1. The van der Waals surface area contributed by atoms with Gasteiger partial charge in [0.2, 0.25) is 21.8 Å². The van der Waals surface area contributed by atoms with E-state index in [9.17, 15) is 22.8 Å². The minimum Gasteiger partial charge on any atom is -0.370 e. The Morgan fingerprint density at radius 3 is 1.97 bits per heavy atom. The van der Waals surface area contributed by atoms with Crippen molar-refractivity contribution >= 4 is 66.0 Å². The van der Waals surface area contributed by atoms with Crippen LogP contribution in [0.3, 0.4) is 0 Å². The maximum absolute atomic E-state index is 13.7. The van der Waals surface area contributed by atoms with Crippen LogP contribution in [0.4, 0.5) is 0 Å². The van der Waals surface area contributed by atoms with Crippen molar-refractivity contribution in [2.45, 2.75) is 29.8 Å². The fraction of sp³-hybridized carbons (Fsp3) is 0.240. The number of nitrogens with two attached hydrogens (primary N) is 2. The molecule has 37 heavy (non-hydrogen) atoms. The van der Waals surface area contributed by atoms with Crippen molar-refractivity contribution < 1.29 is 22.8 Å². The Balaban J connectivity index is 1.73. The van der Waals surface area contributed by atoms with Crippen LogP contribution < -0.4 is 11.5 Å². The summed E-state index contributed by atoms with van der Waals surface area (Å²) in [6.45, 7) is -0.358. The van der Waals surface area contributed by atoms with E-state index in [1.807, 2.05) is 0 Å². The minimum atomic E-state index is -4.07. The van der Waals surface area contributed by atoms with Gasteiger partial charge in [0.25, 0.3) is 5.91 Å². The second-order valence-electron chi connectivity index (χ2n) is 8.84. The Morgan fingerprint density at radius 2 is 1.41 bits per heavy atom. The Kier molecular flexibility index (Phi) is 7.88.